The minimum atomic E-state index is -0.748. The van der Waals surface area contributed by atoms with Crippen LogP contribution in [-0.2, 0) is 17.8 Å². The van der Waals surface area contributed by atoms with Gasteiger partial charge >= 0.3 is 0 Å². The molecule has 19 heavy (non-hydrogen) atoms. The van der Waals surface area contributed by atoms with Crippen LogP contribution in [0.25, 0.3) is 0 Å². The molecule has 0 radical (unpaired) electrons. The van der Waals surface area contributed by atoms with Gasteiger partial charge in [-0.05, 0) is 36.3 Å². The van der Waals surface area contributed by atoms with Crippen molar-refractivity contribution in [2.45, 2.75) is 32.2 Å². The summed E-state index contributed by atoms with van der Waals surface area (Å²) in [5.74, 6) is 0.0887. The highest BCUT2D eigenvalue weighted by Gasteiger charge is 2.50. The van der Waals surface area contributed by atoms with Crippen LogP contribution in [0.5, 0.6) is 0 Å². The highest BCUT2D eigenvalue weighted by atomic mass is 32.1. The van der Waals surface area contributed by atoms with Crippen molar-refractivity contribution in [3.05, 3.63) is 21.9 Å². The third-order valence-electron chi connectivity index (χ3n) is 4.31. The molecule has 1 fully saturated rings. The van der Waals surface area contributed by atoms with Crippen LogP contribution >= 0.6 is 11.3 Å². The zero-order valence-electron chi connectivity index (χ0n) is 10.6. The van der Waals surface area contributed by atoms with Gasteiger partial charge in [0, 0.05) is 18.0 Å². The van der Waals surface area contributed by atoms with Gasteiger partial charge in [-0.3, -0.25) is 4.79 Å². The van der Waals surface area contributed by atoms with Crippen molar-refractivity contribution < 1.29 is 10.0 Å². The Balaban J connectivity index is 1.82. The number of amidine groups is 1. The van der Waals surface area contributed by atoms with Gasteiger partial charge in [-0.1, -0.05) is 11.6 Å². The number of carbonyl (C=O) groups is 1. The number of nitrogens with zero attached hydrogens (tertiary/aromatic N) is 2. The Morgan fingerprint density at radius 3 is 2.95 bits per heavy atom. The van der Waals surface area contributed by atoms with Gasteiger partial charge in [0.1, 0.15) is 5.41 Å². The first-order valence-electron chi connectivity index (χ1n) is 6.50. The second-order valence-electron chi connectivity index (χ2n) is 5.27. The molecule has 2 heterocycles. The third-order valence-corrected chi connectivity index (χ3v) is 5.33. The van der Waals surface area contributed by atoms with Gasteiger partial charge in [-0.2, -0.15) is 0 Å². The van der Waals surface area contributed by atoms with Crippen LogP contribution in [0.4, 0.5) is 0 Å². The smallest absolute Gasteiger partial charge is 0.236 e. The maximum Gasteiger partial charge on any atom is 0.236 e. The number of hydrogen-bond acceptors (Lipinski definition) is 4. The molecule has 0 saturated heterocycles. The molecule has 0 atom stereocenters. The van der Waals surface area contributed by atoms with Crippen LogP contribution in [-0.4, -0.2) is 28.4 Å². The summed E-state index contributed by atoms with van der Waals surface area (Å²) >= 11 is 1.75. The van der Waals surface area contributed by atoms with E-state index in [-0.39, 0.29) is 11.7 Å². The second kappa shape index (κ2) is 4.52. The molecule has 1 aliphatic carbocycles. The number of thiophene rings is 1. The number of amides is 1. The molecule has 1 saturated carbocycles. The summed E-state index contributed by atoms with van der Waals surface area (Å²) in [7, 11) is 0. The molecule has 0 spiro atoms. The molecule has 0 unspecified atom stereocenters. The van der Waals surface area contributed by atoms with E-state index in [4.69, 9.17) is 10.9 Å². The lowest BCUT2D eigenvalue weighted by molar-refractivity contribution is -0.143. The Bertz CT molecular complexity index is 534. The van der Waals surface area contributed by atoms with Crippen molar-refractivity contribution in [2.24, 2.45) is 16.3 Å². The van der Waals surface area contributed by atoms with Crippen LogP contribution in [0.15, 0.2) is 16.6 Å². The Hall–Kier alpha value is -1.56. The minimum absolute atomic E-state index is 0.0194. The molecule has 3 rings (SSSR count). The minimum Gasteiger partial charge on any atom is -0.409 e. The van der Waals surface area contributed by atoms with Crippen molar-refractivity contribution in [1.82, 2.24) is 4.90 Å². The molecule has 1 aromatic rings. The summed E-state index contributed by atoms with van der Waals surface area (Å²) in [5, 5.41) is 14.1. The lowest BCUT2D eigenvalue weighted by Crippen LogP contribution is -2.55. The first-order chi connectivity index (χ1) is 9.17. The molecule has 2 aliphatic rings. The summed E-state index contributed by atoms with van der Waals surface area (Å²) in [4.78, 5) is 15.9. The Morgan fingerprint density at radius 2 is 2.32 bits per heavy atom. The molecule has 1 aromatic heterocycles. The average molecular weight is 279 g/mol. The summed E-state index contributed by atoms with van der Waals surface area (Å²) in [6.45, 7) is 1.38. The van der Waals surface area contributed by atoms with E-state index in [1.807, 2.05) is 4.90 Å². The van der Waals surface area contributed by atoms with Gasteiger partial charge < -0.3 is 15.8 Å². The van der Waals surface area contributed by atoms with E-state index >= 15 is 0 Å². The highest BCUT2D eigenvalue weighted by Crippen LogP contribution is 2.43. The van der Waals surface area contributed by atoms with Crippen molar-refractivity contribution in [1.29, 1.82) is 0 Å². The van der Waals surface area contributed by atoms with Crippen LogP contribution in [0.2, 0.25) is 0 Å². The molecule has 1 amide bonds. The predicted molar refractivity (Wildman–Crippen MR) is 73.1 cm³/mol. The van der Waals surface area contributed by atoms with E-state index in [0.29, 0.717) is 19.4 Å². The van der Waals surface area contributed by atoms with Crippen LogP contribution in [0.1, 0.15) is 29.7 Å². The number of oxime groups is 1. The van der Waals surface area contributed by atoms with E-state index < -0.39 is 5.41 Å². The second-order valence-corrected chi connectivity index (χ2v) is 6.27. The molecular weight excluding hydrogens is 262 g/mol. The van der Waals surface area contributed by atoms with Crippen molar-refractivity contribution in [3.63, 3.8) is 0 Å². The largest absolute Gasteiger partial charge is 0.409 e. The lowest BCUT2D eigenvalue weighted by Gasteiger charge is -2.43. The summed E-state index contributed by atoms with van der Waals surface area (Å²) < 4.78 is 0. The average Bonchev–Trinajstić information content (AvgIpc) is 2.84. The maximum atomic E-state index is 12.7. The lowest BCUT2D eigenvalue weighted by atomic mass is 9.66. The predicted octanol–water partition coefficient (Wildman–Crippen LogP) is 1.55. The summed E-state index contributed by atoms with van der Waals surface area (Å²) in [5.41, 5.74) is 6.24. The van der Waals surface area contributed by atoms with Crippen LogP contribution in [0, 0.1) is 5.41 Å². The van der Waals surface area contributed by atoms with Crippen LogP contribution in [0.3, 0.4) is 0 Å². The molecule has 1 aliphatic heterocycles. The highest BCUT2D eigenvalue weighted by molar-refractivity contribution is 7.10. The van der Waals surface area contributed by atoms with Crippen LogP contribution < -0.4 is 5.73 Å². The number of rotatable bonds is 2. The maximum absolute atomic E-state index is 12.7. The SMILES string of the molecule is N/C(=N/O)C1(C(=O)N2CCc3sccc3C2)CCC1. The topological polar surface area (TPSA) is 78.9 Å². The fourth-order valence-corrected chi connectivity index (χ4v) is 3.82. The quantitative estimate of drug-likeness (QED) is 0.373. The van der Waals surface area contributed by atoms with Crippen molar-refractivity contribution >= 4 is 23.1 Å². The number of carbonyl (C=O) groups excluding carboxylic acids is 1. The summed E-state index contributed by atoms with van der Waals surface area (Å²) in [6, 6.07) is 2.08. The van der Waals surface area contributed by atoms with Gasteiger partial charge in [0.2, 0.25) is 5.91 Å². The standard InChI is InChI=1S/C13H17N3O2S/c14-11(15-18)13(4-1-5-13)12(17)16-6-2-10-9(8-16)3-7-19-10/h3,7,18H,1-2,4-6,8H2,(H2,14,15). The van der Waals surface area contributed by atoms with E-state index in [2.05, 4.69) is 16.6 Å². The molecule has 102 valence electrons. The molecule has 6 heteroatoms. The van der Waals surface area contributed by atoms with Gasteiger partial charge in [0.05, 0.1) is 0 Å². The van der Waals surface area contributed by atoms with Gasteiger partial charge in [-0.15, -0.1) is 11.3 Å². The zero-order valence-corrected chi connectivity index (χ0v) is 11.4. The van der Waals surface area contributed by atoms with E-state index in [1.165, 1.54) is 10.4 Å². The fraction of sp³-hybridized carbons (Fsp3) is 0.538. The molecule has 5 nitrogen and oxygen atoms in total. The Morgan fingerprint density at radius 1 is 1.53 bits per heavy atom. The first kappa shape index (κ1) is 12.5. The van der Waals surface area contributed by atoms with E-state index in [0.717, 1.165) is 19.4 Å². The number of hydrogen-bond donors (Lipinski definition) is 2. The van der Waals surface area contributed by atoms with E-state index in [1.54, 1.807) is 11.3 Å². The normalized spacial score (nSPS) is 21.7. The van der Waals surface area contributed by atoms with Crippen molar-refractivity contribution in [2.75, 3.05) is 6.54 Å². The van der Waals surface area contributed by atoms with Gasteiger partial charge in [0.15, 0.2) is 5.84 Å². The third kappa shape index (κ3) is 1.82. The molecule has 0 bridgehead atoms. The van der Waals surface area contributed by atoms with Crippen molar-refractivity contribution in [3.8, 4) is 0 Å². The number of nitrogens with two attached hydrogens (primary N) is 1. The monoisotopic (exact) mass is 279 g/mol. The van der Waals surface area contributed by atoms with E-state index in [9.17, 15) is 4.79 Å². The van der Waals surface area contributed by atoms with Gasteiger partial charge in [0.25, 0.3) is 0 Å². The fourth-order valence-electron chi connectivity index (χ4n) is 2.93. The summed E-state index contributed by atoms with van der Waals surface area (Å²) in [6.07, 6.45) is 3.24. The molecule has 3 N–H and O–H groups in total. The molecular formula is C13H17N3O2S. The zero-order chi connectivity index (χ0) is 13.5. The molecule has 0 aromatic carbocycles. The van der Waals surface area contributed by atoms with Gasteiger partial charge in [-0.25, -0.2) is 0 Å². The first-order valence-corrected chi connectivity index (χ1v) is 7.38. The Kier molecular flexibility index (Phi) is 2.97. The Labute approximate surface area is 115 Å². The number of fused-ring (bicyclic) bond motifs is 1.